The Morgan fingerprint density at radius 2 is 1.74 bits per heavy atom. The summed E-state index contributed by atoms with van der Waals surface area (Å²) in [7, 11) is -3.56. The minimum Gasteiger partial charge on any atom is -0.272 e. The van der Waals surface area contributed by atoms with E-state index in [4.69, 9.17) is 0 Å². The van der Waals surface area contributed by atoms with Crippen LogP contribution in [0, 0.1) is 0 Å². The molecule has 1 aromatic heterocycles. The highest BCUT2D eigenvalue weighted by Gasteiger charge is 2.20. The fourth-order valence-electron chi connectivity index (χ4n) is 2.37. The van der Waals surface area contributed by atoms with Crippen LogP contribution in [-0.4, -0.2) is 18.2 Å². The van der Waals surface area contributed by atoms with E-state index in [1.165, 1.54) is 11.8 Å². The van der Waals surface area contributed by atoms with E-state index in [0.29, 0.717) is 12.5 Å². The van der Waals surface area contributed by atoms with Crippen LogP contribution in [-0.2, 0) is 16.6 Å². The van der Waals surface area contributed by atoms with Gasteiger partial charge in [0.2, 0.25) is 10.0 Å². The normalized spacial score (nSPS) is 14.6. The third-order valence-electron chi connectivity index (χ3n) is 4.19. The summed E-state index contributed by atoms with van der Waals surface area (Å²) >= 11 is 0. The molecule has 0 saturated carbocycles. The van der Waals surface area contributed by atoms with Gasteiger partial charge in [0.25, 0.3) is 0 Å². The van der Waals surface area contributed by atoms with E-state index in [-0.39, 0.29) is 10.9 Å². The molecule has 0 radical (unpaired) electrons. The van der Waals surface area contributed by atoms with Gasteiger partial charge in [-0.2, -0.15) is 5.10 Å². The van der Waals surface area contributed by atoms with Crippen LogP contribution in [0.15, 0.2) is 41.6 Å². The summed E-state index contributed by atoms with van der Waals surface area (Å²) < 4.78 is 29.1. The Morgan fingerprint density at radius 3 is 2.26 bits per heavy atom. The molecule has 0 fully saturated rings. The lowest BCUT2D eigenvalue weighted by atomic mass is 9.96. The molecule has 0 aliphatic heterocycles. The molecule has 1 heterocycles. The summed E-state index contributed by atoms with van der Waals surface area (Å²) in [6, 6.07) is 7.83. The van der Waals surface area contributed by atoms with Crippen LogP contribution in [0.25, 0.3) is 0 Å². The van der Waals surface area contributed by atoms with Crippen LogP contribution in [0.5, 0.6) is 0 Å². The van der Waals surface area contributed by atoms with Crippen molar-refractivity contribution in [3.63, 3.8) is 0 Å². The van der Waals surface area contributed by atoms with Crippen molar-refractivity contribution in [3.8, 4) is 0 Å². The molecule has 1 aromatic carbocycles. The second kappa shape index (κ2) is 7.27. The molecule has 2 atom stereocenters. The third-order valence-corrected chi connectivity index (χ3v) is 5.69. The Kier molecular flexibility index (Phi) is 5.59. The van der Waals surface area contributed by atoms with Crippen LogP contribution in [0.1, 0.15) is 57.2 Å². The van der Waals surface area contributed by atoms with Crippen molar-refractivity contribution in [1.82, 2.24) is 14.5 Å². The van der Waals surface area contributed by atoms with Crippen molar-refractivity contribution in [2.75, 3.05) is 0 Å². The van der Waals surface area contributed by atoms with Crippen molar-refractivity contribution in [2.24, 2.45) is 0 Å². The second-order valence-corrected chi connectivity index (χ2v) is 7.56. The summed E-state index contributed by atoms with van der Waals surface area (Å²) in [4.78, 5) is 0.197. The van der Waals surface area contributed by atoms with E-state index in [1.54, 1.807) is 10.9 Å². The standard InChI is InChI=1S/C17H25N3O2S/c1-5-13(3)15-7-9-16(10-8-15)14(4)19-23(21,22)17-11-18-20(6-2)12-17/h7-14,19H,5-6H2,1-4H3. The van der Waals surface area contributed by atoms with Gasteiger partial charge < -0.3 is 0 Å². The zero-order valence-electron chi connectivity index (χ0n) is 14.2. The van der Waals surface area contributed by atoms with Crippen LogP contribution >= 0.6 is 0 Å². The molecule has 126 valence electrons. The third kappa shape index (κ3) is 4.20. The van der Waals surface area contributed by atoms with Gasteiger partial charge in [0.1, 0.15) is 4.90 Å². The topological polar surface area (TPSA) is 64.0 Å². The molecule has 2 rings (SSSR count). The first-order chi connectivity index (χ1) is 10.9. The minimum absolute atomic E-state index is 0.197. The van der Waals surface area contributed by atoms with Gasteiger partial charge in [0.05, 0.1) is 6.20 Å². The predicted molar refractivity (Wildman–Crippen MR) is 91.8 cm³/mol. The molecule has 0 bridgehead atoms. The smallest absolute Gasteiger partial charge is 0.244 e. The van der Waals surface area contributed by atoms with Crippen LogP contribution in [0.2, 0.25) is 0 Å². The molecule has 0 saturated heterocycles. The molecule has 0 aliphatic rings. The van der Waals surface area contributed by atoms with Gasteiger partial charge in [-0.25, -0.2) is 13.1 Å². The van der Waals surface area contributed by atoms with Crippen LogP contribution in [0.3, 0.4) is 0 Å². The average Bonchev–Trinajstić information content (AvgIpc) is 3.04. The molecular weight excluding hydrogens is 310 g/mol. The Hall–Kier alpha value is -1.66. The lowest BCUT2D eigenvalue weighted by molar-refractivity contribution is 0.566. The van der Waals surface area contributed by atoms with Gasteiger partial charge in [-0.05, 0) is 37.3 Å². The average molecular weight is 335 g/mol. The minimum atomic E-state index is -3.56. The van der Waals surface area contributed by atoms with Gasteiger partial charge in [-0.3, -0.25) is 4.68 Å². The fourth-order valence-corrected chi connectivity index (χ4v) is 3.56. The predicted octanol–water partition coefficient (Wildman–Crippen LogP) is 3.46. The molecule has 6 heteroatoms. The number of nitrogens with one attached hydrogen (secondary N) is 1. The summed E-state index contributed by atoms with van der Waals surface area (Å²) in [5.41, 5.74) is 2.22. The van der Waals surface area contributed by atoms with Gasteiger partial charge in [-0.15, -0.1) is 0 Å². The molecule has 0 spiro atoms. The van der Waals surface area contributed by atoms with Gasteiger partial charge in [0.15, 0.2) is 0 Å². The molecule has 5 nitrogen and oxygen atoms in total. The SMILES string of the molecule is CCC(C)c1ccc(C(C)NS(=O)(=O)c2cnn(CC)c2)cc1. The number of aromatic nitrogens is 2. The number of sulfonamides is 1. The first-order valence-electron chi connectivity index (χ1n) is 8.02. The molecule has 0 amide bonds. The monoisotopic (exact) mass is 335 g/mol. The molecular formula is C17H25N3O2S. The molecule has 0 aliphatic carbocycles. The lowest BCUT2D eigenvalue weighted by Crippen LogP contribution is -2.26. The molecule has 2 aromatic rings. The summed E-state index contributed by atoms with van der Waals surface area (Å²) in [5, 5.41) is 4.02. The number of aryl methyl sites for hydroxylation is 1. The maximum absolute atomic E-state index is 12.4. The highest BCUT2D eigenvalue weighted by molar-refractivity contribution is 7.89. The Labute approximate surface area is 138 Å². The quantitative estimate of drug-likeness (QED) is 0.843. The summed E-state index contributed by atoms with van der Waals surface area (Å²) in [6.07, 6.45) is 4.01. The molecule has 2 unspecified atom stereocenters. The van der Waals surface area contributed by atoms with Crippen molar-refractivity contribution < 1.29 is 8.42 Å². The lowest BCUT2D eigenvalue weighted by Gasteiger charge is -2.15. The van der Waals surface area contributed by atoms with E-state index < -0.39 is 10.0 Å². The number of hydrogen-bond donors (Lipinski definition) is 1. The number of benzene rings is 1. The summed E-state index contributed by atoms with van der Waals surface area (Å²) in [5.74, 6) is 0.510. The fraction of sp³-hybridized carbons (Fsp3) is 0.471. The highest BCUT2D eigenvalue weighted by Crippen LogP contribution is 2.22. The van der Waals surface area contributed by atoms with Crippen molar-refractivity contribution >= 4 is 10.0 Å². The second-order valence-electron chi connectivity index (χ2n) is 5.85. The largest absolute Gasteiger partial charge is 0.272 e. The van der Waals surface area contributed by atoms with Gasteiger partial charge >= 0.3 is 0 Å². The highest BCUT2D eigenvalue weighted by atomic mass is 32.2. The van der Waals surface area contributed by atoms with E-state index in [0.717, 1.165) is 12.0 Å². The maximum atomic E-state index is 12.4. The van der Waals surface area contributed by atoms with E-state index in [2.05, 4.69) is 35.8 Å². The zero-order chi connectivity index (χ0) is 17.0. The molecule has 1 N–H and O–H groups in total. The number of rotatable bonds is 7. The van der Waals surface area contributed by atoms with Crippen molar-refractivity contribution in [2.45, 2.75) is 57.5 Å². The van der Waals surface area contributed by atoms with Crippen molar-refractivity contribution in [1.29, 1.82) is 0 Å². The summed E-state index contributed by atoms with van der Waals surface area (Å²) in [6.45, 7) is 8.75. The van der Waals surface area contributed by atoms with Gasteiger partial charge in [-0.1, -0.05) is 38.1 Å². The van der Waals surface area contributed by atoms with E-state index in [9.17, 15) is 8.42 Å². The first-order valence-corrected chi connectivity index (χ1v) is 9.50. The number of nitrogens with zero attached hydrogens (tertiary/aromatic N) is 2. The Morgan fingerprint density at radius 1 is 1.13 bits per heavy atom. The van der Waals surface area contributed by atoms with E-state index >= 15 is 0 Å². The molecule has 23 heavy (non-hydrogen) atoms. The Balaban J connectivity index is 2.12. The maximum Gasteiger partial charge on any atom is 0.244 e. The van der Waals surface area contributed by atoms with Crippen molar-refractivity contribution in [3.05, 3.63) is 47.8 Å². The van der Waals surface area contributed by atoms with Crippen LogP contribution < -0.4 is 4.72 Å². The van der Waals surface area contributed by atoms with Crippen LogP contribution in [0.4, 0.5) is 0 Å². The first kappa shape index (κ1) is 17.7. The van der Waals surface area contributed by atoms with Gasteiger partial charge in [0, 0.05) is 18.8 Å². The Bertz CT molecular complexity index is 735. The zero-order valence-corrected chi connectivity index (χ0v) is 15.0. The number of hydrogen-bond acceptors (Lipinski definition) is 3. The van der Waals surface area contributed by atoms with E-state index in [1.807, 2.05) is 26.0 Å².